The summed E-state index contributed by atoms with van der Waals surface area (Å²) in [5.41, 5.74) is 0. The first-order valence-electron chi connectivity index (χ1n) is 3.58. The zero-order valence-electron chi connectivity index (χ0n) is 5.78. The maximum absolute atomic E-state index is 10.9. The van der Waals surface area contributed by atoms with Gasteiger partial charge in [0.25, 0.3) is 0 Å². The fraction of sp³-hybridized carbons (Fsp3) is 0.857. The summed E-state index contributed by atoms with van der Waals surface area (Å²) in [5, 5.41) is 9.06. The molecule has 3 heteroatoms. The summed E-state index contributed by atoms with van der Waals surface area (Å²) in [6.07, 6.45) is 0.117. The molecular weight excluding hydrogens is 132 g/mol. The minimum atomic E-state index is -0.811. The van der Waals surface area contributed by atoms with Gasteiger partial charge >= 0.3 is 5.97 Å². The highest BCUT2D eigenvalue weighted by Crippen LogP contribution is 2.47. The predicted molar refractivity (Wildman–Crippen MR) is 32.9 cm³/mol. The van der Waals surface area contributed by atoms with E-state index in [1.165, 1.54) is 0 Å². The lowest BCUT2D eigenvalue weighted by molar-refractivity contribution is -0.155. The number of aliphatic hydroxyl groups excluding tert-OH is 1. The van der Waals surface area contributed by atoms with Crippen molar-refractivity contribution in [3.05, 3.63) is 0 Å². The molecule has 1 N–H and O–H groups in total. The third-order valence-corrected chi connectivity index (χ3v) is 2.59. The van der Waals surface area contributed by atoms with Crippen molar-refractivity contribution in [1.29, 1.82) is 0 Å². The number of rotatable bonds is 0. The van der Waals surface area contributed by atoms with Gasteiger partial charge in [0.05, 0.1) is 5.92 Å². The van der Waals surface area contributed by atoms with Crippen molar-refractivity contribution in [3.63, 3.8) is 0 Å². The molecule has 1 aliphatic heterocycles. The molecule has 4 atom stereocenters. The first-order valence-corrected chi connectivity index (χ1v) is 3.58. The summed E-state index contributed by atoms with van der Waals surface area (Å²) >= 11 is 0. The predicted octanol–water partition coefficient (Wildman–Crippen LogP) is 0.134. The van der Waals surface area contributed by atoms with Crippen molar-refractivity contribution < 1.29 is 14.6 Å². The van der Waals surface area contributed by atoms with E-state index in [4.69, 9.17) is 5.11 Å². The molecule has 2 fully saturated rings. The summed E-state index contributed by atoms with van der Waals surface area (Å²) < 4.78 is 4.64. The van der Waals surface area contributed by atoms with Crippen LogP contribution in [-0.4, -0.2) is 17.4 Å². The van der Waals surface area contributed by atoms with Crippen LogP contribution in [0.15, 0.2) is 0 Å². The second-order valence-electron chi connectivity index (χ2n) is 3.23. The van der Waals surface area contributed by atoms with Crippen LogP contribution >= 0.6 is 0 Å². The fourth-order valence-corrected chi connectivity index (χ4v) is 1.93. The molecule has 1 saturated carbocycles. The average molecular weight is 142 g/mol. The van der Waals surface area contributed by atoms with Gasteiger partial charge < -0.3 is 9.84 Å². The van der Waals surface area contributed by atoms with E-state index in [0.29, 0.717) is 5.92 Å². The zero-order valence-corrected chi connectivity index (χ0v) is 5.78. The van der Waals surface area contributed by atoms with Crippen molar-refractivity contribution in [2.45, 2.75) is 19.6 Å². The molecule has 1 aliphatic carbocycles. The normalized spacial score (nSPS) is 51.6. The van der Waals surface area contributed by atoms with Crippen molar-refractivity contribution in [2.75, 3.05) is 0 Å². The first kappa shape index (κ1) is 6.16. The Bertz CT molecular complexity index is 178. The zero-order chi connectivity index (χ0) is 7.30. The quantitative estimate of drug-likeness (QED) is 0.489. The lowest BCUT2D eigenvalue weighted by Gasteiger charge is -2.34. The summed E-state index contributed by atoms with van der Waals surface area (Å²) in [6.45, 7) is 2.01. The van der Waals surface area contributed by atoms with E-state index in [1.54, 1.807) is 0 Å². The first-order chi connectivity index (χ1) is 4.70. The van der Waals surface area contributed by atoms with E-state index in [1.807, 2.05) is 6.92 Å². The number of carbonyl (C=O) groups is 1. The number of cyclic esters (lactones) is 1. The van der Waals surface area contributed by atoms with Gasteiger partial charge in [-0.3, -0.25) is 4.79 Å². The third-order valence-electron chi connectivity index (χ3n) is 2.59. The third kappa shape index (κ3) is 0.560. The molecular formula is C7H10O3. The van der Waals surface area contributed by atoms with Gasteiger partial charge in [0.2, 0.25) is 6.29 Å². The maximum atomic E-state index is 10.9. The van der Waals surface area contributed by atoms with E-state index in [9.17, 15) is 4.79 Å². The Morgan fingerprint density at radius 1 is 1.70 bits per heavy atom. The van der Waals surface area contributed by atoms with Crippen LogP contribution in [0, 0.1) is 17.8 Å². The molecule has 1 heterocycles. The van der Waals surface area contributed by atoms with E-state index in [2.05, 4.69) is 4.74 Å². The highest BCUT2D eigenvalue weighted by Gasteiger charge is 2.54. The molecule has 3 nitrogen and oxygen atoms in total. The highest BCUT2D eigenvalue weighted by atomic mass is 16.6. The minimum absolute atomic E-state index is 0.00463. The van der Waals surface area contributed by atoms with Gasteiger partial charge in [-0.15, -0.1) is 0 Å². The minimum Gasteiger partial charge on any atom is -0.435 e. The summed E-state index contributed by atoms with van der Waals surface area (Å²) in [6, 6.07) is 0. The van der Waals surface area contributed by atoms with Crippen molar-refractivity contribution in [1.82, 2.24) is 0 Å². The lowest BCUT2D eigenvalue weighted by Crippen LogP contribution is -2.38. The Morgan fingerprint density at radius 2 is 2.40 bits per heavy atom. The Morgan fingerprint density at radius 3 is 2.80 bits per heavy atom. The van der Waals surface area contributed by atoms with E-state index >= 15 is 0 Å². The standard InChI is InChI=1S/C7H10O3/c1-3-2-4-5(3)7(9)10-6(4)8/h3-6,8H,2H2,1H3/t3?,4?,5-,6?/m0/s1. The number of esters is 1. The van der Waals surface area contributed by atoms with Crippen LogP contribution in [0.5, 0.6) is 0 Å². The van der Waals surface area contributed by atoms with Crippen LogP contribution in [0.25, 0.3) is 0 Å². The van der Waals surface area contributed by atoms with Gasteiger partial charge in [-0.2, -0.15) is 0 Å². The number of hydrogen-bond donors (Lipinski definition) is 1. The molecule has 1 saturated heterocycles. The van der Waals surface area contributed by atoms with Gasteiger partial charge in [0, 0.05) is 5.92 Å². The molecule has 0 bridgehead atoms. The van der Waals surface area contributed by atoms with Crippen molar-refractivity contribution in [2.24, 2.45) is 17.8 Å². The SMILES string of the molecule is CC1CC2C(O)OC(=O)[C@@H]12. The highest BCUT2D eigenvalue weighted by molar-refractivity contribution is 5.76. The molecule has 2 rings (SSSR count). The van der Waals surface area contributed by atoms with Crippen LogP contribution in [0.4, 0.5) is 0 Å². The topological polar surface area (TPSA) is 46.5 Å². The van der Waals surface area contributed by atoms with Crippen molar-refractivity contribution >= 4 is 5.97 Å². The molecule has 0 aromatic heterocycles. The molecule has 0 radical (unpaired) electrons. The fourth-order valence-electron chi connectivity index (χ4n) is 1.93. The number of carbonyl (C=O) groups excluding carboxylic acids is 1. The largest absolute Gasteiger partial charge is 0.435 e. The molecule has 0 amide bonds. The second-order valence-corrected chi connectivity index (χ2v) is 3.23. The van der Waals surface area contributed by atoms with Gasteiger partial charge in [-0.25, -0.2) is 0 Å². The summed E-state index contributed by atoms with van der Waals surface area (Å²) in [7, 11) is 0. The molecule has 2 aliphatic rings. The number of ether oxygens (including phenoxy) is 1. The van der Waals surface area contributed by atoms with Crippen LogP contribution < -0.4 is 0 Å². The number of hydrogen-bond acceptors (Lipinski definition) is 3. The van der Waals surface area contributed by atoms with Gasteiger partial charge in [0.15, 0.2) is 0 Å². The Hall–Kier alpha value is -0.570. The maximum Gasteiger partial charge on any atom is 0.312 e. The lowest BCUT2D eigenvalue weighted by atomic mass is 9.67. The summed E-state index contributed by atoms with van der Waals surface area (Å²) in [5.74, 6) is 0.295. The van der Waals surface area contributed by atoms with Crippen molar-refractivity contribution in [3.8, 4) is 0 Å². The molecule has 3 unspecified atom stereocenters. The van der Waals surface area contributed by atoms with Crippen LogP contribution in [0.1, 0.15) is 13.3 Å². The summed E-state index contributed by atoms with van der Waals surface area (Å²) in [4.78, 5) is 10.9. The van der Waals surface area contributed by atoms with Crippen LogP contribution in [0.3, 0.4) is 0 Å². The van der Waals surface area contributed by atoms with Gasteiger partial charge in [-0.05, 0) is 12.3 Å². The molecule has 0 spiro atoms. The van der Waals surface area contributed by atoms with Gasteiger partial charge in [0.1, 0.15) is 0 Å². The molecule has 0 aromatic rings. The smallest absolute Gasteiger partial charge is 0.312 e. The number of fused-ring (bicyclic) bond motifs is 1. The molecule has 56 valence electrons. The van der Waals surface area contributed by atoms with E-state index in [0.717, 1.165) is 6.42 Å². The second kappa shape index (κ2) is 1.72. The number of aliphatic hydroxyl groups is 1. The Labute approximate surface area is 59.0 Å². The van der Waals surface area contributed by atoms with Crippen LogP contribution in [-0.2, 0) is 9.53 Å². The van der Waals surface area contributed by atoms with E-state index < -0.39 is 6.29 Å². The molecule has 10 heavy (non-hydrogen) atoms. The Balaban J connectivity index is 2.16. The molecule has 0 aromatic carbocycles. The monoisotopic (exact) mass is 142 g/mol. The van der Waals surface area contributed by atoms with E-state index in [-0.39, 0.29) is 17.8 Å². The van der Waals surface area contributed by atoms with Crippen LogP contribution in [0.2, 0.25) is 0 Å². The Kier molecular flexibility index (Phi) is 1.06. The average Bonchev–Trinajstić information content (AvgIpc) is 2.01. The van der Waals surface area contributed by atoms with Gasteiger partial charge in [-0.1, -0.05) is 6.92 Å².